The van der Waals surface area contributed by atoms with Crippen LogP contribution >= 0.6 is 0 Å². The fraction of sp³-hybridized carbons (Fsp3) is 0.600. The second-order valence-electron chi connectivity index (χ2n) is 7.87. The van der Waals surface area contributed by atoms with Crippen molar-refractivity contribution in [3.8, 4) is 0 Å². The fourth-order valence-electron chi connectivity index (χ4n) is 4.19. The molecule has 1 saturated heterocycles. The lowest BCUT2D eigenvalue weighted by Crippen LogP contribution is -2.48. The molecule has 0 radical (unpaired) electrons. The summed E-state index contributed by atoms with van der Waals surface area (Å²) in [6.07, 6.45) is 4.73. The van der Waals surface area contributed by atoms with E-state index >= 15 is 0 Å². The normalized spacial score (nSPS) is 27.2. The van der Waals surface area contributed by atoms with E-state index < -0.39 is 25.0 Å². The van der Waals surface area contributed by atoms with Crippen LogP contribution in [0.3, 0.4) is 0 Å². The molecule has 0 aromatic carbocycles. The number of piperidine rings is 1. The van der Waals surface area contributed by atoms with Gasteiger partial charge in [-0.3, -0.25) is 9.58 Å². The van der Waals surface area contributed by atoms with Crippen molar-refractivity contribution >= 4 is 11.7 Å². The number of halogens is 3. The maximum atomic E-state index is 12.9. The lowest BCUT2D eigenvalue weighted by atomic mass is 9.78. The van der Waals surface area contributed by atoms with Crippen LogP contribution in [-0.2, 0) is 9.47 Å². The molecule has 158 valence electrons. The maximum absolute atomic E-state index is 12.9. The molecular weight excluding hydrogens is 387 g/mol. The number of amides is 1. The molecule has 0 bridgehead atoms. The van der Waals surface area contributed by atoms with Gasteiger partial charge in [0.1, 0.15) is 6.61 Å². The van der Waals surface area contributed by atoms with E-state index in [1.165, 1.54) is 12.0 Å². The Morgan fingerprint density at radius 3 is 2.66 bits per heavy atom. The van der Waals surface area contributed by atoms with Crippen LogP contribution < -0.4 is 0 Å². The standard InChI is InChI=1S/C20H24F3N3O3/c1-12-3-6-16-17(26(12)19(27)28-2)8-7-15(18(16)29-11-20(21,22)23)13-9-24-25(10-13)14-4-5-14/h7-10,12,14,16,18H,3-6,11H2,1-2H3/t12-,16?,18?/m0/s1. The number of aromatic nitrogens is 2. The minimum absolute atomic E-state index is 0.0965. The summed E-state index contributed by atoms with van der Waals surface area (Å²) in [6, 6.07) is 0.278. The molecule has 2 heterocycles. The third kappa shape index (κ3) is 4.05. The number of fused-ring (bicyclic) bond motifs is 1. The summed E-state index contributed by atoms with van der Waals surface area (Å²) in [5, 5.41) is 4.36. The summed E-state index contributed by atoms with van der Waals surface area (Å²) in [5.41, 5.74) is 2.05. The summed E-state index contributed by atoms with van der Waals surface area (Å²) in [6.45, 7) is 0.557. The van der Waals surface area contributed by atoms with E-state index in [0.717, 1.165) is 18.4 Å². The molecule has 1 amide bonds. The minimum Gasteiger partial charge on any atom is -0.452 e. The topological polar surface area (TPSA) is 56.6 Å². The zero-order valence-corrected chi connectivity index (χ0v) is 16.4. The molecule has 29 heavy (non-hydrogen) atoms. The predicted octanol–water partition coefficient (Wildman–Crippen LogP) is 4.31. The van der Waals surface area contributed by atoms with Gasteiger partial charge >= 0.3 is 12.3 Å². The predicted molar refractivity (Wildman–Crippen MR) is 98.8 cm³/mol. The number of rotatable bonds is 4. The molecule has 9 heteroatoms. The van der Waals surface area contributed by atoms with Crippen LogP contribution in [0.1, 0.15) is 44.2 Å². The van der Waals surface area contributed by atoms with Gasteiger partial charge in [-0.25, -0.2) is 4.79 Å². The molecule has 2 unspecified atom stereocenters. The van der Waals surface area contributed by atoms with Crippen LogP contribution in [0, 0.1) is 5.92 Å². The summed E-state index contributed by atoms with van der Waals surface area (Å²) >= 11 is 0. The van der Waals surface area contributed by atoms with Crippen LogP contribution in [0.5, 0.6) is 0 Å². The second-order valence-corrected chi connectivity index (χ2v) is 7.87. The lowest BCUT2D eigenvalue weighted by Gasteiger charge is -2.44. The number of likely N-dealkylation sites (tertiary alicyclic amines) is 1. The minimum atomic E-state index is -4.44. The Balaban J connectivity index is 1.69. The Labute approximate surface area is 166 Å². The number of ether oxygens (including phenoxy) is 2. The molecule has 1 saturated carbocycles. The van der Waals surface area contributed by atoms with Crippen molar-refractivity contribution in [2.75, 3.05) is 13.7 Å². The zero-order chi connectivity index (χ0) is 20.8. The van der Waals surface area contributed by atoms with Crippen molar-refractivity contribution in [3.05, 3.63) is 35.8 Å². The zero-order valence-electron chi connectivity index (χ0n) is 16.4. The first kappa shape index (κ1) is 20.0. The summed E-state index contributed by atoms with van der Waals surface area (Å²) < 4.78 is 51.0. The quantitative estimate of drug-likeness (QED) is 0.741. The number of hydrogen-bond donors (Lipinski definition) is 0. The smallest absolute Gasteiger partial charge is 0.413 e. The molecule has 2 fully saturated rings. The van der Waals surface area contributed by atoms with Crippen LogP contribution in [-0.4, -0.2) is 52.8 Å². The van der Waals surface area contributed by atoms with Gasteiger partial charge in [-0.2, -0.15) is 18.3 Å². The average molecular weight is 411 g/mol. The fourth-order valence-corrected chi connectivity index (χ4v) is 4.19. The molecule has 4 rings (SSSR count). The van der Waals surface area contributed by atoms with Crippen molar-refractivity contribution in [1.82, 2.24) is 14.7 Å². The maximum Gasteiger partial charge on any atom is 0.413 e. The van der Waals surface area contributed by atoms with E-state index in [2.05, 4.69) is 5.10 Å². The Morgan fingerprint density at radius 2 is 2.00 bits per heavy atom. The third-order valence-corrected chi connectivity index (χ3v) is 5.75. The first-order valence-electron chi connectivity index (χ1n) is 9.80. The van der Waals surface area contributed by atoms with Crippen molar-refractivity contribution < 1.29 is 27.4 Å². The van der Waals surface area contributed by atoms with Gasteiger partial charge < -0.3 is 9.47 Å². The Morgan fingerprint density at radius 1 is 1.24 bits per heavy atom. The molecule has 0 spiro atoms. The van der Waals surface area contributed by atoms with Gasteiger partial charge in [-0.05, 0) is 44.3 Å². The molecule has 6 nitrogen and oxygen atoms in total. The van der Waals surface area contributed by atoms with Crippen LogP contribution in [0.2, 0.25) is 0 Å². The molecule has 2 aliphatic carbocycles. The van der Waals surface area contributed by atoms with Gasteiger partial charge in [-0.1, -0.05) is 6.08 Å². The van der Waals surface area contributed by atoms with Gasteiger partial charge in [0.15, 0.2) is 0 Å². The largest absolute Gasteiger partial charge is 0.452 e. The molecule has 3 atom stereocenters. The second kappa shape index (κ2) is 7.51. The SMILES string of the molecule is COC(=O)N1C2=CC=C(c3cnn(C4CC4)c3)C(OCC(F)(F)F)C2CC[C@@H]1C. The molecule has 1 aromatic rings. The Kier molecular flexibility index (Phi) is 5.18. The van der Waals surface area contributed by atoms with Gasteiger partial charge in [0.05, 0.1) is 25.5 Å². The van der Waals surface area contributed by atoms with Crippen LogP contribution in [0.15, 0.2) is 30.2 Å². The number of methoxy groups -OCH3 is 1. The van der Waals surface area contributed by atoms with E-state index in [4.69, 9.17) is 9.47 Å². The highest BCUT2D eigenvalue weighted by Gasteiger charge is 2.43. The van der Waals surface area contributed by atoms with E-state index in [-0.39, 0.29) is 12.0 Å². The van der Waals surface area contributed by atoms with Crippen molar-refractivity contribution in [2.45, 2.75) is 57.0 Å². The van der Waals surface area contributed by atoms with E-state index in [1.807, 2.05) is 17.8 Å². The third-order valence-electron chi connectivity index (χ3n) is 5.75. The highest BCUT2D eigenvalue weighted by Crippen LogP contribution is 2.43. The van der Waals surface area contributed by atoms with E-state index in [9.17, 15) is 18.0 Å². The molecule has 0 N–H and O–H groups in total. The van der Waals surface area contributed by atoms with Crippen LogP contribution in [0.4, 0.5) is 18.0 Å². The average Bonchev–Trinajstić information content (AvgIpc) is 3.41. The number of nitrogens with zero attached hydrogens (tertiary/aromatic N) is 3. The van der Waals surface area contributed by atoms with Crippen molar-refractivity contribution in [2.24, 2.45) is 5.92 Å². The Bertz CT molecular complexity index is 842. The highest BCUT2D eigenvalue weighted by atomic mass is 19.4. The Hall–Kier alpha value is -2.29. The van der Waals surface area contributed by atoms with Gasteiger partial charge in [-0.15, -0.1) is 0 Å². The first-order valence-corrected chi connectivity index (χ1v) is 9.80. The van der Waals surface area contributed by atoms with E-state index in [1.54, 1.807) is 18.3 Å². The summed E-state index contributed by atoms with van der Waals surface area (Å²) in [7, 11) is 1.30. The number of alkyl halides is 3. The summed E-state index contributed by atoms with van der Waals surface area (Å²) in [5.74, 6) is -0.364. The molecular formula is C20H24F3N3O3. The van der Waals surface area contributed by atoms with Gasteiger partial charge in [0.2, 0.25) is 0 Å². The van der Waals surface area contributed by atoms with E-state index in [0.29, 0.717) is 30.2 Å². The number of allylic oxidation sites excluding steroid dienone is 2. The monoisotopic (exact) mass is 411 g/mol. The first-order chi connectivity index (χ1) is 13.8. The molecule has 1 aromatic heterocycles. The molecule has 1 aliphatic heterocycles. The van der Waals surface area contributed by atoms with Crippen molar-refractivity contribution in [3.63, 3.8) is 0 Å². The van der Waals surface area contributed by atoms with Gasteiger partial charge in [0, 0.05) is 29.4 Å². The van der Waals surface area contributed by atoms with Crippen molar-refractivity contribution in [1.29, 1.82) is 0 Å². The van der Waals surface area contributed by atoms with Crippen LogP contribution in [0.25, 0.3) is 5.57 Å². The summed E-state index contributed by atoms with van der Waals surface area (Å²) in [4.78, 5) is 13.8. The lowest BCUT2D eigenvalue weighted by molar-refractivity contribution is -0.184. The molecule has 3 aliphatic rings. The highest BCUT2D eigenvalue weighted by molar-refractivity contribution is 5.75. The number of carbonyl (C=O) groups excluding carboxylic acids is 1. The van der Waals surface area contributed by atoms with Gasteiger partial charge in [0.25, 0.3) is 0 Å². The number of hydrogen-bond acceptors (Lipinski definition) is 4. The number of carbonyl (C=O) groups is 1.